The monoisotopic (exact) mass is 330 g/mol. The van der Waals surface area contributed by atoms with Crippen molar-refractivity contribution in [2.45, 2.75) is 13.0 Å². The van der Waals surface area contributed by atoms with Crippen LogP contribution in [0.1, 0.15) is 6.92 Å². The SMILES string of the molecule is C#CCOS(=O)OC(C)COc1ccc(-c2ccccc2)cc1. The zero-order chi connectivity index (χ0) is 16.5. The molecule has 0 aliphatic rings. The summed E-state index contributed by atoms with van der Waals surface area (Å²) < 4.78 is 26.8. The molecule has 0 aliphatic heterocycles. The van der Waals surface area contributed by atoms with Gasteiger partial charge in [0.05, 0.1) is 0 Å². The van der Waals surface area contributed by atoms with Gasteiger partial charge in [-0.15, -0.1) is 6.42 Å². The average molecular weight is 330 g/mol. The van der Waals surface area contributed by atoms with Gasteiger partial charge in [0.2, 0.25) is 0 Å². The van der Waals surface area contributed by atoms with E-state index >= 15 is 0 Å². The Balaban J connectivity index is 1.82. The Morgan fingerprint density at radius 3 is 2.39 bits per heavy atom. The molecule has 2 atom stereocenters. The van der Waals surface area contributed by atoms with Gasteiger partial charge in [0, 0.05) is 0 Å². The number of rotatable bonds is 8. The third-order valence-electron chi connectivity index (χ3n) is 2.93. The lowest BCUT2D eigenvalue weighted by molar-refractivity contribution is 0.139. The number of terminal acetylenes is 1. The van der Waals surface area contributed by atoms with Gasteiger partial charge < -0.3 is 4.74 Å². The third-order valence-corrected chi connectivity index (χ3v) is 3.72. The minimum Gasteiger partial charge on any atom is -0.491 e. The van der Waals surface area contributed by atoms with Crippen molar-refractivity contribution in [1.82, 2.24) is 0 Å². The van der Waals surface area contributed by atoms with E-state index < -0.39 is 11.4 Å². The zero-order valence-electron chi connectivity index (χ0n) is 12.8. The summed E-state index contributed by atoms with van der Waals surface area (Å²) in [6, 6.07) is 17.9. The van der Waals surface area contributed by atoms with Crippen LogP contribution < -0.4 is 4.74 Å². The topological polar surface area (TPSA) is 44.8 Å². The second kappa shape index (κ2) is 9.11. The van der Waals surface area contributed by atoms with Gasteiger partial charge in [0.25, 0.3) is 0 Å². The summed E-state index contributed by atoms with van der Waals surface area (Å²) in [5.74, 6) is 2.94. The Morgan fingerprint density at radius 2 is 1.74 bits per heavy atom. The first-order valence-corrected chi connectivity index (χ1v) is 8.13. The van der Waals surface area contributed by atoms with Crippen LogP contribution in [0.3, 0.4) is 0 Å². The lowest BCUT2D eigenvalue weighted by atomic mass is 10.1. The van der Waals surface area contributed by atoms with Crippen molar-refractivity contribution in [3.63, 3.8) is 0 Å². The number of benzene rings is 2. The first-order chi connectivity index (χ1) is 11.2. The lowest BCUT2D eigenvalue weighted by Gasteiger charge is -2.13. The van der Waals surface area contributed by atoms with Crippen molar-refractivity contribution in [3.8, 4) is 29.2 Å². The number of ether oxygens (including phenoxy) is 1. The smallest absolute Gasteiger partial charge is 0.305 e. The van der Waals surface area contributed by atoms with E-state index in [1.165, 1.54) is 0 Å². The van der Waals surface area contributed by atoms with Gasteiger partial charge in [-0.05, 0) is 30.2 Å². The molecule has 0 aliphatic carbocycles. The summed E-state index contributed by atoms with van der Waals surface area (Å²) >= 11 is -1.86. The van der Waals surface area contributed by atoms with E-state index in [1.807, 2.05) is 42.5 Å². The van der Waals surface area contributed by atoms with Crippen molar-refractivity contribution in [1.29, 1.82) is 0 Å². The van der Waals surface area contributed by atoms with E-state index in [1.54, 1.807) is 6.92 Å². The highest BCUT2D eigenvalue weighted by molar-refractivity contribution is 7.75. The molecule has 2 rings (SSSR count). The van der Waals surface area contributed by atoms with E-state index in [-0.39, 0.29) is 19.3 Å². The van der Waals surface area contributed by atoms with Gasteiger partial charge in [-0.25, -0.2) is 0 Å². The van der Waals surface area contributed by atoms with Crippen LogP contribution in [0.4, 0.5) is 0 Å². The van der Waals surface area contributed by atoms with Crippen molar-refractivity contribution < 1.29 is 17.3 Å². The molecule has 120 valence electrons. The van der Waals surface area contributed by atoms with E-state index in [0.29, 0.717) is 0 Å². The molecule has 23 heavy (non-hydrogen) atoms. The third kappa shape index (κ3) is 5.87. The molecule has 0 radical (unpaired) electrons. The standard InChI is InChI=1S/C18H18O4S/c1-3-13-21-23(19)22-15(2)14-20-18-11-9-17(10-12-18)16-7-5-4-6-8-16/h1,4-12,15H,13-14H2,2H3. The highest BCUT2D eigenvalue weighted by Gasteiger charge is 2.09. The van der Waals surface area contributed by atoms with Crippen LogP contribution in [0.25, 0.3) is 11.1 Å². The number of hydrogen-bond acceptors (Lipinski definition) is 4. The van der Waals surface area contributed by atoms with E-state index in [9.17, 15) is 4.21 Å². The zero-order valence-corrected chi connectivity index (χ0v) is 13.6. The maximum atomic E-state index is 11.3. The van der Waals surface area contributed by atoms with Crippen molar-refractivity contribution in [2.24, 2.45) is 0 Å². The minimum atomic E-state index is -1.86. The van der Waals surface area contributed by atoms with E-state index in [0.717, 1.165) is 16.9 Å². The molecule has 0 spiro atoms. The van der Waals surface area contributed by atoms with Crippen molar-refractivity contribution in [2.75, 3.05) is 13.2 Å². The van der Waals surface area contributed by atoms with Gasteiger partial charge in [-0.1, -0.05) is 48.4 Å². The van der Waals surface area contributed by atoms with Crippen molar-refractivity contribution >= 4 is 11.4 Å². The molecule has 5 heteroatoms. The summed E-state index contributed by atoms with van der Waals surface area (Å²) in [5, 5.41) is 0. The van der Waals surface area contributed by atoms with Crippen LogP contribution in [0, 0.1) is 12.3 Å². The fourth-order valence-electron chi connectivity index (χ4n) is 1.86. The van der Waals surface area contributed by atoms with Crippen LogP contribution >= 0.6 is 0 Å². The Bertz CT molecular complexity index is 662. The molecule has 0 heterocycles. The minimum absolute atomic E-state index is 0.0544. The highest BCUT2D eigenvalue weighted by Crippen LogP contribution is 2.22. The second-order valence-corrected chi connectivity index (χ2v) is 5.62. The molecule has 0 bridgehead atoms. The van der Waals surface area contributed by atoms with Crippen LogP contribution in [0.5, 0.6) is 5.75 Å². The van der Waals surface area contributed by atoms with Gasteiger partial charge in [0.1, 0.15) is 25.1 Å². The molecule has 0 fully saturated rings. The summed E-state index contributed by atoms with van der Waals surface area (Å²) in [5.41, 5.74) is 2.27. The average Bonchev–Trinajstić information content (AvgIpc) is 2.59. The van der Waals surface area contributed by atoms with Crippen LogP contribution in [0.2, 0.25) is 0 Å². The van der Waals surface area contributed by atoms with Gasteiger partial charge >= 0.3 is 11.4 Å². The molecule has 0 amide bonds. The predicted molar refractivity (Wildman–Crippen MR) is 90.8 cm³/mol. The molecule has 4 nitrogen and oxygen atoms in total. The van der Waals surface area contributed by atoms with Crippen LogP contribution in [-0.2, 0) is 19.7 Å². The largest absolute Gasteiger partial charge is 0.491 e. The molecule has 0 saturated heterocycles. The Kier molecular flexibility index (Phi) is 6.82. The van der Waals surface area contributed by atoms with Gasteiger partial charge in [0.15, 0.2) is 0 Å². The maximum Gasteiger partial charge on any atom is 0.305 e. The van der Waals surface area contributed by atoms with Gasteiger partial charge in [-0.3, -0.25) is 8.37 Å². The molecule has 2 unspecified atom stereocenters. The fraction of sp³-hybridized carbons (Fsp3) is 0.222. The molecule has 0 aromatic heterocycles. The maximum absolute atomic E-state index is 11.3. The summed E-state index contributed by atoms with van der Waals surface area (Å²) in [7, 11) is 0. The molecule has 2 aromatic carbocycles. The predicted octanol–water partition coefficient (Wildman–Crippen LogP) is 3.37. The summed E-state index contributed by atoms with van der Waals surface area (Å²) in [6.07, 6.45) is 4.62. The lowest BCUT2D eigenvalue weighted by Crippen LogP contribution is -2.20. The summed E-state index contributed by atoms with van der Waals surface area (Å²) in [4.78, 5) is 0. The quantitative estimate of drug-likeness (QED) is 0.696. The molecular formula is C18H18O4S. The van der Waals surface area contributed by atoms with E-state index in [2.05, 4.69) is 18.1 Å². The van der Waals surface area contributed by atoms with Crippen LogP contribution in [0.15, 0.2) is 54.6 Å². The summed E-state index contributed by atoms with van der Waals surface area (Å²) in [6.45, 7) is 1.95. The number of hydrogen-bond donors (Lipinski definition) is 0. The normalized spacial score (nSPS) is 13.0. The second-order valence-electron chi connectivity index (χ2n) is 4.78. The first kappa shape index (κ1) is 17.2. The van der Waals surface area contributed by atoms with Gasteiger partial charge in [-0.2, -0.15) is 4.21 Å². The Labute approximate surface area is 139 Å². The highest BCUT2D eigenvalue weighted by atomic mass is 32.2. The molecule has 0 N–H and O–H groups in total. The molecule has 0 saturated carbocycles. The Hall–Kier alpha value is -2.13. The molecule has 2 aromatic rings. The van der Waals surface area contributed by atoms with Crippen molar-refractivity contribution in [3.05, 3.63) is 54.6 Å². The first-order valence-electron chi connectivity index (χ1n) is 7.13. The van der Waals surface area contributed by atoms with E-state index in [4.69, 9.17) is 19.5 Å². The Morgan fingerprint density at radius 1 is 1.09 bits per heavy atom. The molecular weight excluding hydrogens is 312 g/mol. The van der Waals surface area contributed by atoms with Crippen LogP contribution in [-0.4, -0.2) is 23.5 Å². The fourth-order valence-corrected chi connectivity index (χ4v) is 2.40.